The molecule has 0 aromatic heterocycles. The lowest BCUT2D eigenvalue weighted by atomic mass is 9.95. The number of anilines is 1. The number of urea groups is 1. The van der Waals surface area contributed by atoms with Crippen molar-refractivity contribution in [2.24, 2.45) is 22.7 Å². The second-order valence-electron chi connectivity index (χ2n) is 7.33. The molecule has 4 rings (SSSR count). The molecular weight excluding hydrogens is 318 g/mol. The van der Waals surface area contributed by atoms with Crippen molar-refractivity contribution in [1.29, 1.82) is 0 Å². The van der Waals surface area contributed by atoms with Crippen LogP contribution in [-0.2, 0) is 9.59 Å². The Morgan fingerprint density at radius 3 is 2.72 bits per heavy atom. The van der Waals surface area contributed by atoms with Gasteiger partial charge in [-0.15, -0.1) is 0 Å². The lowest BCUT2D eigenvalue weighted by Gasteiger charge is -2.29. The Morgan fingerprint density at radius 2 is 2.04 bits per heavy atom. The molecule has 0 radical (unpaired) electrons. The van der Waals surface area contributed by atoms with Crippen LogP contribution in [0.3, 0.4) is 0 Å². The highest BCUT2D eigenvalue weighted by atomic mass is 16.2. The highest BCUT2D eigenvalue weighted by Gasteiger charge is 2.42. The largest absolute Gasteiger partial charge is 0.335 e. The molecule has 1 aliphatic heterocycles. The summed E-state index contributed by atoms with van der Waals surface area (Å²) in [6, 6.07) is 6.60. The number of fused-ring (bicyclic) bond motifs is 2. The van der Waals surface area contributed by atoms with Crippen molar-refractivity contribution in [3.05, 3.63) is 29.8 Å². The summed E-state index contributed by atoms with van der Waals surface area (Å²) < 4.78 is 0. The molecule has 6 nitrogen and oxygen atoms in total. The number of carbonyl (C=O) groups excluding carboxylic acids is 3. The average molecular weight is 339 g/mol. The van der Waals surface area contributed by atoms with E-state index in [1.807, 2.05) is 13.0 Å². The van der Waals surface area contributed by atoms with Crippen LogP contribution in [0, 0.1) is 24.7 Å². The summed E-state index contributed by atoms with van der Waals surface area (Å²) in [5.41, 5.74) is 1.40. The van der Waals surface area contributed by atoms with Crippen molar-refractivity contribution in [3.63, 3.8) is 0 Å². The molecule has 0 unspecified atom stereocenters. The van der Waals surface area contributed by atoms with E-state index in [-0.39, 0.29) is 6.04 Å². The van der Waals surface area contributed by atoms with E-state index in [1.165, 1.54) is 25.5 Å². The number of imide groups is 2. The number of nitrogens with one attached hydrogen (secondary N) is 1. The van der Waals surface area contributed by atoms with Gasteiger partial charge in [0.15, 0.2) is 5.92 Å². The summed E-state index contributed by atoms with van der Waals surface area (Å²) in [6.45, 7) is 1.88. The van der Waals surface area contributed by atoms with E-state index in [0.717, 1.165) is 22.8 Å². The van der Waals surface area contributed by atoms with Crippen LogP contribution in [0.4, 0.5) is 10.5 Å². The summed E-state index contributed by atoms with van der Waals surface area (Å²) in [7, 11) is 0. The van der Waals surface area contributed by atoms with Crippen LogP contribution >= 0.6 is 0 Å². The van der Waals surface area contributed by atoms with Gasteiger partial charge in [0.2, 0.25) is 5.91 Å². The first-order chi connectivity index (χ1) is 12.0. The van der Waals surface area contributed by atoms with Crippen LogP contribution in [0.25, 0.3) is 0 Å². The Balaban J connectivity index is 1.56. The summed E-state index contributed by atoms with van der Waals surface area (Å²) in [5.74, 6) is -0.847. The first kappa shape index (κ1) is 16.0. The number of amides is 4. The van der Waals surface area contributed by atoms with Gasteiger partial charge in [-0.3, -0.25) is 19.9 Å². The summed E-state index contributed by atoms with van der Waals surface area (Å²) in [6.07, 6.45) is 6.17. The maximum absolute atomic E-state index is 12.8. The van der Waals surface area contributed by atoms with Crippen molar-refractivity contribution in [1.82, 2.24) is 5.32 Å². The second kappa shape index (κ2) is 6.10. The van der Waals surface area contributed by atoms with Gasteiger partial charge < -0.3 is 0 Å². The summed E-state index contributed by atoms with van der Waals surface area (Å²) >= 11 is 0. The number of benzene rings is 1. The second-order valence-corrected chi connectivity index (χ2v) is 7.33. The molecule has 4 amide bonds. The zero-order valence-electron chi connectivity index (χ0n) is 14.1. The molecule has 4 atom stereocenters. The molecule has 1 saturated heterocycles. The molecule has 1 aromatic rings. The predicted molar refractivity (Wildman–Crippen MR) is 93.4 cm³/mol. The lowest BCUT2D eigenvalue weighted by Crippen LogP contribution is -2.58. The minimum atomic E-state index is -1.04. The van der Waals surface area contributed by atoms with E-state index in [1.54, 1.807) is 18.2 Å². The Hall–Kier alpha value is -2.50. The van der Waals surface area contributed by atoms with Crippen molar-refractivity contribution in [3.8, 4) is 0 Å². The molecule has 6 heteroatoms. The van der Waals surface area contributed by atoms with Crippen LogP contribution in [-0.4, -0.2) is 30.1 Å². The Kier molecular flexibility index (Phi) is 3.90. The SMILES string of the molecule is Cc1cccc(N2C(=O)NC(=O)[C@H](C=N[C@H]3C[C@H]4CC[C@H]3C4)C2=O)c1. The van der Waals surface area contributed by atoms with Crippen LogP contribution in [0.5, 0.6) is 0 Å². The zero-order valence-corrected chi connectivity index (χ0v) is 14.1. The summed E-state index contributed by atoms with van der Waals surface area (Å²) in [5, 5.41) is 2.27. The lowest BCUT2D eigenvalue weighted by molar-refractivity contribution is -0.131. The minimum Gasteiger partial charge on any atom is -0.293 e. The normalized spacial score (nSPS) is 31.9. The standard InChI is InChI=1S/C19H21N3O3/c1-11-3-2-4-14(7-11)22-18(24)15(17(23)21-19(22)25)10-20-16-9-12-5-6-13(16)8-12/h2-4,7,10,12-13,15-16H,5-6,8-9H2,1H3,(H,21,23,25)/t12-,13-,15-,16-/m0/s1. The van der Waals surface area contributed by atoms with Crippen molar-refractivity contribution < 1.29 is 14.4 Å². The molecule has 2 bridgehead atoms. The van der Waals surface area contributed by atoms with Crippen LogP contribution in [0.2, 0.25) is 0 Å². The average Bonchev–Trinajstić information content (AvgIpc) is 3.17. The summed E-state index contributed by atoms with van der Waals surface area (Å²) in [4.78, 5) is 42.7. The number of carbonyl (C=O) groups is 3. The Bertz CT molecular complexity index is 773. The number of hydrogen-bond acceptors (Lipinski definition) is 4. The van der Waals surface area contributed by atoms with Crippen molar-refractivity contribution in [2.45, 2.75) is 38.6 Å². The van der Waals surface area contributed by atoms with Gasteiger partial charge in [-0.05, 0) is 55.7 Å². The molecule has 1 N–H and O–H groups in total. The monoisotopic (exact) mass is 339 g/mol. The van der Waals surface area contributed by atoms with Crippen molar-refractivity contribution >= 4 is 29.7 Å². The number of hydrogen-bond donors (Lipinski definition) is 1. The van der Waals surface area contributed by atoms with E-state index in [0.29, 0.717) is 11.6 Å². The predicted octanol–water partition coefficient (Wildman–Crippen LogP) is 2.45. The molecule has 0 spiro atoms. The number of rotatable bonds is 3. The molecule has 3 fully saturated rings. The van der Waals surface area contributed by atoms with Gasteiger partial charge in [-0.2, -0.15) is 0 Å². The third kappa shape index (κ3) is 2.86. The van der Waals surface area contributed by atoms with E-state index >= 15 is 0 Å². The van der Waals surface area contributed by atoms with Gasteiger partial charge in [-0.1, -0.05) is 18.6 Å². The number of nitrogens with zero attached hydrogens (tertiary/aromatic N) is 2. The first-order valence-corrected chi connectivity index (χ1v) is 8.81. The minimum absolute atomic E-state index is 0.212. The smallest absolute Gasteiger partial charge is 0.293 e. The maximum atomic E-state index is 12.8. The zero-order chi connectivity index (χ0) is 17.6. The van der Waals surface area contributed by atoms with Crippen LogP contribution in [0.1, 0.15) is 31.2 Å². The molecular formula is C19H21N3O3. The highest BCUT2D eigenvalue weighted by molar-refractivity contribution is 6.32. The van der Waals surface area contributed by atoms with E-state index in [2.05, 4.69) is 10.3 Å². The third-order valence-electron chi connectivity index (χ3n) is 5.59. The van der Waals surface area contributed by atoms with Gasteiger partial charge in [0.1, 0.15) is 0 Å². The van der Waals surface area contributed by atoms with Gasteiger partial charge >= 0.3 is 6.03 Å². The molecule has 1 heterocycles. The van der Waals surface area contributed by atoms with Gasteiger partial charge in [0, 0.05) is 6.21 Å². The first-order valence-electron chi connectivity index (χ1n) is 8.81. The molecule has 2 aliphatic carbocycles. The van der Waals surface area contributed by atoms with Gasteiger partial charge in [0.25, 0.3) is 5.91 Å². The Labute approximate surface area is 146 Å². The Morgan fingerprint density at radius 1 is 1.20 bits per heavy atom. The number of barbiturate groups is 1. The number of aryl methyl sites for hydroxylation is 1. The van der Waals surface area contributed by atoms with Crippen molar-refractivity contribution in [2.75, 3.05) is 4.90 Å². The van der Waals surface area contributed by atoms with E-state index in [9.17, 15) is 14.4 Å². The maximum Gasteiger partial charge on any atom is 0.335 e. The van der Waals surface area contributed by atoms with E-state index in [4.69, 9.17) is 0 Å². The third-order valence-corrected chi connectivity index (χ3v) is 5.59. The van der Waals surface area contributed by atoms with Crippen LogP contribution in [0.15, 0.2) is 29.3 Å². The molecule has 2 saturated carbocycles. The van der Waals surface area contributed by atoms with E-state index < -0.39 is 23.8 Å². The van der Waals surface area contributed by atoms with Gasteiger partial charge in [-0.25, -0.2) is 9.69 Å². The highest BCUT2D eigenvalue weighted by Crippen LogP contribution is 2.45. The fourth-order valence-electron chi connectivity index (χ4n) is 4.32. The van der Waals surface area contributed by atoms with Crippen LogP contribution < -0.4 is 10.2 Å². The molecule has 1 aromatic carbocycles. The van der Waals surface area contributed by atoms with Gasteiger partial charge in [0.05, 0.1) is 11.7 Å². The fraction of sp³-hybridized carbons (Fsp3) is 0.474. The molecule has 25 heavy (non-hydrogen) atoms. The topological polar surface area (TPSA) is 78.8 Å². The molecule has 130 valence electrons. The fourth-order valence-corrected chi connectivity index (χ4v) is 4.32. The quantitative estimate of drug-likeness (QED) is 0.678. The number of aliphatic imine (C=N–C) groups is 1. The molecule has 3 aliphatic rings.